The summed E-state index contributed by atoms with van der Waals surface area (Å²) in [6.07, 6.45) is 9.01. The Bertz CT molecular complexity index is 450. The van der Waals surface area contributed by atoms with E-state index in [4.69, 9.17) is 0 Å². The SMILES string of the molecule is Cc1ccc(C(C)NC(=O)CCN2CCCCCCC2)cn1. The summed E-state index contributed by atoms with van der Waals surface area (Å²) >= 11 is 0. The van der Waals surface area contributed by atoms with E-state index in [2.05, 4.69) is 15.2 Å². The minimum Gasteiger partial charge on any atom is -0.349 e. The molecule has 1 aliphatic rings. The molecule has 1 atom stereocenters. The Labute approximate surface area is 134 Å². The molecular formula is C18H29N3O. The number of rotatable bonds is 5. The Morgan fingerprint density at radius 3 is 2.55 bits per heavy atom. The van der Waals surface area contributed by atoms with Crippen LogP contribution in [-0.2, 0) is 4.79 Å². The number of nitrogens with one attached hydrogen (secondary N) is 1. The van der Waals surface area contributed by atoms with Crippen LogP contribution in [-0.4, -0.2) is 35.4 Å². The summed E-state index contributed by atoms with van der Waals surface area (Å²) in [4.78, 5) is 18.9. The molecule has 4 heteroatoms. The van der Waals surface area contributed by atoms with E-state index in [0.29, 0.717) is 6.42 Å². The van der Waals surface area contributed by atoms with E-state index in [1.54, 1.807) is 0 Å². The number of amides is 1. The molecule has 1 unspecified atom stereocenters. The number of pyridine rings is 1. The molecule has 1 aromatic heterocycles. The van der Waals surface area contributed by atoms with Crippen molar-refractivity contribution in [2.75, 3.05) is 19.6 Å². The van der Waals surface area contributed by atoms with Gasteiger partial charge in [0.25, 0.3) is 0 Å². The van der Waals surface area contributed by atoms with Crippen LogP contribution in [0.2, 0.25) is 0 Å². The number of likely N-dealkylation sites (tertiary alicyclic amines) is 1. The van der Waals surface area contributed by atoms with Gasteiger partial charge in [-0.15, -0.1) is 0 Å². The normalized spacial score (nSPS) is 18.3. The summed E-state index contributed by atoms with van der Waals surface area (Å²) in [6, 6.07) is 4.04. The van der Waals surface area contributed by atoms with Crippen LogP contribution in [0.3, 0.4) is 0 Å². The number of hydrogen-bond donors (Lipinski definition) is 1. The molecule has 2 rings (SSSR count). The van der Waals surface area contributed by atoms with Crippen LogP contribution in [0.4, 0.5) is 0 Å². The highest BCUT2D eigenvalue weighted by molar-refractivity contribution is 5.76. The van der Waals surface area contributed by atoms with Gasteiger partial charge in [0.2, 0.25) is 5.91 Å². The summed E-state index contributed by atoms with van der Waals surface area (Å²) < 4.78 is 0. The first-order chi connectivity index (χ1) is 10.6. The molecule has 0 bridgehead atoms. The van der Waals surface area contributed by atoms with Gasteiger partial charge in [-0.1, -0.05) is 25.3 Å². The molecule has 0 saturated carbocycles. The van der Waals surface area contributed by atoms with Gasteiger partial charge in [-0.3, -0.25) is 9.78 Å². The number of carbonyl (C=O) groups excluding carboxylic acids is 1. The van der Waals surface area contributed by atoms with E-state index in [0.717, 1.165) is 30.9 Å². The van der Waals surface area contributed by atoms with Crippen LogP contribution < -0.4 is 5.32 Å². The molecule has 1 aliphatic heterocycles. The Morgan fingerprint density at radius 2 is 1.91 bits per heavy atom. The lowest BCUT2D eigenvalue weighted by atomic mass is 10.1. The molecule has 2 heterocycles. The van der Waals surface area contributed by atoms with Crippen molar-refractivity contribution in [3.8, 4) is 0 Å². The van der Waals surface area contributed by atoms with Gasteiger partial charge < -0.3 is 10.2 Å². The first kappa shape index (κ1) is 16.9. The Kier molecular flexibility index (Phi) is 6.84. The summed E-state index contributed by atoms with van der Waals surface area (Å²) in [5, 5.41) is 3.08. The lowest BCUT2D eigenvalue weighted by Crippen LogP contribution is -2.33. The van der Waals surface area contributed by atoms with E-state index in [-0.39, 0.29) is 11.9 Å². The second kappa shape index (κ2) is 8.89. The van der Waals surface area contributed by atoms with Crippen molar-refractivity contribution in [1.29, 1.82) is 0 Å². The summed E-state index contributed by atoms with van der Waals surface area (Å²) in [5.41, 5.74) is 2.06. The fourth-order valence-corrected chi connectivity index (χ4v) is 2.93. The lowest BCUT2D eigenvalue weighted by molar-refractivity contribution is -0.122. The van der Waals surface area contributed by atoms with Crippen LogP contribution in [0.15, 0.2) is 18.3 Å². The second-order valence-electron chi connectivity index (χ2n) is 6.38. The largest absolute Gasteiger partial charge is 0.349 e. The van der Waals surface area contributed by atoms with Gasteiger partial charge in [-0.05, 0) is 51.4 Å². The third-order valence-electron chi connectivity index (χ3n) is 4.42. The Balaban J connectivity index is 1.73. The molecule has 4 nitrogen and oxygen atoms in total. The maximum absolute atomic E-state index is 12.1. The zero-order chi connectivity index (χ0) is 15.8. The molecule has 122 valence electrons. The molecule has 0 spiro atoms. The topological polar surface area (TPSA) is 45.2 Å². The van der Waals surface area contributed by atoms with Crippen molar-refractivity contribution in [3.63, 3.8) is 0 Å². The molecule has 1 fully saturated rings. The molecule has 0 aliphatic carbocycles. The average Bonchev–Trinajstić information content (AvgIpc) is 2.46. The smallest absolute Gasteiger partial charge is 0.221 e. The lowest BCUT2D eigenvalue weighted by Gasteiger charge is -2.24. The fraction of sp³-hybridized carbons (Fsp3) is 0.667. The Hall–Kier alpha value is -1.42. The predicted octanol–water partition coefficient (Wildman–Crippen LogP) is 3.22. The molecule has 1 saturated heterocycles. The van der Waals surface area contributed by atoms with Gasteiger partial charge in [0.05, 0.1) is 6.04 Å². The maximum Gasteiger partial charge on any atom is 0.221 e. The first-order valence-corrected chi connectivity index (χ1v) is 8.59. The molecule has 1 N–H and O–H groups in total. The van der Waals surface area contributed by atoms with Crippen LogP contribution in [0.1, 0.15) is 62.7 Å². The molecular weight excluding hydrogens is 274 g/mol. The highest BCUT2D eigenvalue weighted by Crippen LogP contribution is 2.12. The van der Waals surface area contributed by atoms with Crippen molar-refractivity contribution in [2.45, 2.75) is 58.4 Å². The standard InChI is InChI=1S/C18H29N3O/c1-15-8-9-17(14-19-15)16(2)20-18(22)10-13-21-11-6-4-3-5-7-12-21/h8-9,14,16H,3-7,10-13H2,1-2H3,(H,20,22). The third kappa shape index (κ3) is 5.76. The van der Waals surface area contributed by atoms with Gasteiger partial charge in [-0.25, -0.2) is 0 Å². The van der Waals surface area contributed by atoms with E-state index < -0.39 is 0 Å². The maximum atomic E-state index is 12.1. The fourth-order valence-electron chi connectivity index (χ4n) is 2.93. The van der Waals surface area contributed by atoms with Crippen molar-refractivity contribution in [2.24, 2.45) is 0 Å². The first-order valence-electron chi connectivity index (χ1n) is 8.59. The van der Waals surface area contributed by atoms with Crippen LogP contribution in [0, 0.1) is 6.92 Å². The zero-order valence-corrected chi connectivity index (χ0v) is 14.0. The zero-order valence-electron chi connectivity index (χ0n) is 14.0. The van der Waals surface area contributed by atoms with Crippen LogP contribution >= 0.6 is 0 Å². The van der Waals surface area contributed by atoms with E-state index in [1.165, 1.54) is 32.1 Å². The van der Waals surface area contributed by atoms with Crippen molar-refractivity contribution < 1.29 is 4.79 Å². The molecule has 0 aromatic carbocycles. The van der Waals surface area contributed by atoms with Gasteiger partial charge in [-0.2, -0.15) is 0 Å². The van der Waals surface area contributed by atoms with E-state index in [1.807, 2.05) is 32.2 Å². The van der Waals surface area contributed by atoms with Crippen LogP contribution in [0.25, 0.3) is 0 Å². The van der Waals surface area contributed by atoms with Crippen molar-refractivity contribution >= 4 is 5.91 Å². The average molecular weight is 303 g/mol. The minimum absolute atomic E-state index is 0.0212. The van der Waals surface area contributed by atoms with Gasteiger partial charge in [0, 0.05) is 24.9 Å². The number of aryl methyl sites for hydroxylation is 1. The minimum atomic E-state index is 0.0212. The number of aromatic nitrogens is 1. The highest BCUT2D eigenvalue weighted by atomic mass is 16.1. The van der Waals surface area contributed by atoms with E-state index >= 15 is 0 Å². The van der Waals surface area contributed by atoms with E-state index in [9.17, 15) is 4.79 Å². The quantitative estimate of drug-likeness (QED) is 0.908. The molecule has 1 amide bonds. The van der Waals surface area contributed by atoms with Crippen molar-refractivity contribution in [1.82, 2.24) is 15.2 Å². The third-order valence-corrected chi connectivity index (χ3v) is 4.42. The number of hydrogen-bond acceptors (Lipinski definition) is 3. The Morgan fingerprint density at radius 1 is 1.23 bits per heavy atom. The number of nitrogens with zero attached hydrogens (tertiary/aromatic N) is 2. The molecule has 0 radical (unpaired) electrons. The van der Waals surface area contributed by atoms with Gasteiger partial charge >= 0.3 is 0 Å². The summed E-state index contributed by atoms with van der Waals surface area (Å²) in [7, 11) is 0. The summed E-state index contributed by atoms with van der Waals surface area (Å²) in [6.45, 7) is 7.15. The predicted molar refractivity (Wildman–Crippen MR) is 89.7 cm³/mol. The highest BCUT2D eigenvalue weighted by Gasteiger charge is 2.13. The van der Waals surface area contributed by atoms with Crippen molar-refractivity contribution in [3.05, 3.63) is 29.6 Å². The molecule has 1 aromatic rings. The summed E-state index contributed by atoms with van der Waals surface area (Å²) in [5.74, 6) is 0.134. The van der Waals surface area contributed by atoms with Gasteiger partial charge in [0.1, 0.15) is 0 Å². The van der Waals surface area contributed by atoms with Crippen LogP contribution in [0.5, 0.6) is 0 Å². The van der Waals surface area contributed by atoms with Gasteiger partial charge in [0.15, 0.2) is 0 Å². The monoisotopic (exact) mass is 303 g/mol. The second-order valence-corrected chi connectivity index (χ2v) is 6.38. The molecule has 22 heavy (non-hydrogen) atoms. The number of carbonyl (C=O) groups is 1.